The van der Waals surface area contributed by atoms with Gasteiger partial charge in [-0.15, -0.1) is 0 Å². The van der Waals surface area contributed by atoms with Gasteiger partial charge >= 0.3 is 0 Å². The fourth-order valence-electron chi connectivity index (χ4n) is 7.39. The number of nitrogens with zero attached hydrogens (tertiary/aromatic N) is 2. The molecular formula is C35H30N2O2. The molecule has 4 nitrogen and oxygen atoms in total. The molecule has 39 heavy (non-hydrogen) atoms. The van der Waals surface area contributed by atoms with Crippen molar-refractivity contribution in [3.8, 4) is 0 Å². The molecule has 1 saturated heterocycles. The molecule has 1 aliphatic heterocycles. The summed E-state index contributed by atoms with van der Waals surface area (Å²) in [5.74, 6) is -1.50. The summed E-state index contributed by atoms with van der Waals surface area (Å²) >= 11 is 0. The fourth-order valence-corrected chi connectivity index (χ4v) is 7.39. The lowest BCUT2D eigenvalue weighted by Gasteiger charge is -2.52. The van der Waals surface area contributed by atoms with E-state index in [0.717, 1.165) is 44.6 Å². The maximum absolute atomic E-state index is 14.6. The minimum absolute atomic E-state index is 0.115. The molecule has 3 aliphatic carbocycles. The van der Waals surface area contributed by atoms with Crippen molar-refractivity contribution in [2.45, 2.75) is 39.0 Å². The Morgan fingerprint density at radius 1 is 0.744 bits per heavy atom. The largest absolute Gasteiger partial charge is 0.274 e. The number of aryl methyl sites for hydroxylation is 3. The Morgan fingerprint density at radius 2 is 1.41 bits per heavy atom. The molecule has 8 rings (SSSR count). The molecule has 1 fully saturated rings. The zero-order valence-electron chi connectivity index (χ0n) is 22.6. The standard InChI is InChI=1S/C35H30N2O2/c1-20-16-17-29(22(3)18-20)37-33(38)31-30-24-11-5-7-13-26(24)35(32(31)34(37)39,27-14-8-6-12-25(27)30)19-36-28-15-9-10-21(2)23(28)4/h5-19,30-32H,1-4H3/t30?,31-,32+,35?/m1/s1. The summed E-state index contributed by atoms with van der Waals surface area (Å²) in [6.07, 6.45) is 1.98. The van der Waals surface area contributed by atoms with Crippen molar-refractivity contribution < 1.29 is 9.59 Å². The highest BCUT2D eigenvalue weighted by Crippen LogP contribution is 2.63. The van der Waals surface area contributed by atoms with Crippen molar-refractivity contribution in [2.75, 3.05) is 4.90 Å². The van der Waals surface area contributed by atoms with Crippen LogP contribution in [0.15, 0.2) is 89.9 Å². The number of amides is 2. The summed E-state index contributed by atoms with van der Waals surface area (Å²) < 4.78 is 0. The molecule has 0 spiro atoms. The number of anilines is 1. The Balaban J connectivity index is 1.51. The highest BCUT2D eigenvalue weighted by molar-refractivity contribution is 6.25. The third-order valence-corrected chi connectivity index (χ3v) is 9.26. The van der Waals surface area contributed by atoms with Crippen LogP contribution < -0.4 is 4.90 Å². The van der Waals surface area contributed by atoms with Gasteiger partial charge in [0.2, 0.25) is 11.8 Å². The predicted molar refractivity (Wildman–Crippen MR) is 155 cm³/mol. The lowest BCUT2D eigenvalue weighted by molar-refractivity contribution is -0.122. The Hall–Kier alpha value is -4.31. The average molecular weight is 511 g/mol. The van der Waals surface area contributed by atoms with Crippen LogP contribution in [0.3, 0.4) is 0 Å². The summed E-state index contributed by atoms with van der Waals surface area (Å²) in [5, 5.41) is 0. The zero-order valence-corrected chi connectivity index (χ0v) is 22.6. The minimum Gasteiger partial charge on any atom is -0.274 e. The van der Waals surface area contributed by atoms with Crippen LogP contribution in [0.2, 0.25) is 0 Å². The fraction of sp³-hybridized carbons (Fsp3) is 0.229. The molecular weight excluding hydrogens is 480 g/mol. The van der Waals surface area contributed by atoms with E-state index in [4.69, 9.17) is 4.99 Å². The van der Waals surface area contributed by atoms with Crippen LogP contribution in [-0.4, -0.2) is 18.0 Å². The molecule has 0 N–H and O–H groups in total. The van der Waals surface area contributed by atoms with Gasteiger partial charge in [-0.2, -0.15) is 0 Å². The van der Waals surface area contributed by atoms with E-state index >= 15 is 0 Å². The normalized spacial score (nSPS) is 24.7. The van der Waals surface area contributed by atoms with E-state index in [0.29, 0.717) is 5.69 Å². The molecule has 0 saturated carbocycles. The Bertz CT molecular complexity index is 1690. The monoisotopic (exact) mass is 510 g/mol. The molecule has 4 aromatic carbocycles. The first-order valence-corrected chi connectivity index (χ1v) is 13.6. The van der Waals surface area contributed by atoms with Crippen LogP contribution in [0, 0.1) is 39.5 Å². The van der Waals surface area contributed by atoms with E-state index in [1.165, 1.54) is 10.5 Å². The van der Waals surface area contributed by atoms with Crippen molar-refractivity contribution in [1.29, 1.82) is 0 Å². The van der Waals surface area contributed by atoms with E-state index in [2.05, 4.69) is 44.2 Å². The van der Waals surface area contributed by atoms with Gasteiger partial charge in [0.1, 0.15) is 0 Å². The van der Waals surface area contributed by atoms with Gasteiger partial charge in [0.05, 0.1) is 28.6 Å². The number of rotatable bonds is 3. The van der Waals surface area contributed by atoms with Crippen LogP contribution in [0.25, 0.3) is 0 Å². The lowest BCUT2D eigenvalue weighted by atomic mass is 9.47. The molecule has 0 unspecified atom stereocenters. The number of benzene rings is 4. The minimum atomic E-state index is -0.858. The summed E-state index contributed by atoms with van der Waals surface area (Å²) in [4.78, 5) is 35.5. The van der Waals surface area contributed by atoms with Gasteiger partial charge in [0, 0.05) is 12.1 Å². The summed E-state index contributed by atoms with van der Waals surface area (Å²) in [6, 6.07) is 28.7. The highest BCUT2D eigenvalue weighted by atomic mass is 16.2. The summed E-state index contributed by atoms with van der Waals surface area (Å²) in [7, 11) is 0. The SMILES string of the molecule is Cc1ccc(N2C(=O)[C@@H]3C4c5ccccc5C(C=Nc5cccc(C)c5C)(c5ccccc54)[C@@H]3C2=O)c(C)c1. The Morgan fingerprint density at radius 3 is 2.08 bits per heavy atom. The van der Waals surface area contributed by atoms with Crippen molar-refractivity contribution in [3.05, 3.63) is 129 Å². The molecule has 0 radical (unpaired) electrons. The third-order valence-electron chi connectivity index (χ3n) is 9.26. The topological polar surface area (TPSA) is 49.7 Å². The lowest BCUT2D eigenvalue weighted by Crippen LogP contribution is -2.54. The number of hydrogen-bond acceptors (Lipinski definition) is 3. The molecule has 4 aliphatic rings. The molecule has 2 amide bonds. The summed E-state index contributed by atoms with van der Waals surface area (Å²) in [6.45, 7) is 8.16. The Kier molecular flexibility index (Phi) is 5.09. The molecule has 192 valence electrons. The van der Waals surface area contributed by atoms with Gasteiger partial charge in [0.15, 0.2) is 0 Å². The third kappa shape index (κ3) is 3.09. The second kappa shape index (κ2) is 8.34. The molecule has 2 atom stereocenters. The highest BCUT2D eigenvalue weighted by Gasteiger charge is 2.68. The zero-order chi connectivity index (χ0) is 27.1. The molecule has 0 aromatic heterocycles. The first kappa shape index (κ1) is 23.8. The second-order valence-corrected chi connectivity index (χ2v) is 11.3. The van der Waals surface area contributed by atoms with Crippen molar-refractivity contribution in [1.82, 2.24) is 0 Å². The maximum atomic E-state index is 14.6. The maximum Gasteiger partial charge on any atom is 0.239 e. The van der Waals surface area contributed by atoms with E-state index in [1.807, 2.05) is 74.7 Å². The van der Waals surface area contributed by atoms with Crippen LogP contribution in [-0.2, 0) is 15.0 Å². The second-order valence-electron chi connectivity index (χ2n) is 11.3. The smallest absolute Gasteiger partial charge is 0.239 e. The van der Waals surface area contributed by atoms with E-state index in [9.17, 15) is 9.59 Å². The number of aliphatic imine (C=N–C) groups is 1. The van der Waals surface area contributed by atoms with E-state index < -0.39 is 17.3 Å². The number of imide groups is 1. The van der Waals surface area contributed by atoms with Gasteiger partial charge in [-0.3, -0.25) is 14.6 Å². The van der Waals surface area contributed by atoms with Crippen molar-refractivity contribution in [2.24, 2.45) is 16.8 Å². The van der Waals surface area contributed by atoms with Crippen LogP contribution in [0.4, 0.5) is 11.4 Å². The Labute approximate surface area is 229 Å². The van der Waals surface area contributed by atoms with Crippen molar-refractivity contribution in [3.63, 3.8) is 0 Å². The predicted octanol–water partition coefficient (Wildman–Crippen LogP) is 6.87. The first-order chi connectivity index (χ1) is 18.8. The molecule has 4 heteroatoms. The van der Waals surface area contributed by atoms with Gasteiger partial charge in [-0.05, 0) is 78.8 Å². The average Bonchev–Trinajstić information content (AvgIpc) is 3.20. The van der Waals surface area contributed by atoms with Crippen molar-refractivity contribution >= 4 is 29.4 Å². The van der Waals surface area contributed by atoms with Gasteiger partial charge in [-0.25, -0.2) is 4.90 Å². The number of hydrogen-bond donors (Lipinski definition) is 0. The molecule has 4 aromatic rings. The number of carbonyl (C=O) groups is 2. The molecule has 2 bridgehead atoms. The van der Waals surface area contributed by atoms with Gasteiger partial charge in [0.25, 0.3) is 0 Å². The van der Waals surface area contributed by atoms with E-state index in [1.54, 1.807) is 0 Å². The van der Waals surface area contributed by atoms with Crippen LogP contribution in [0.1, 0.15) is 50.4 Å². The van der Waals surface area contributed by atoms with Crippen LogP contribution >= 0.6 is 0 Å². The first-order valence-electron chi connectivity index (χ1n) is 13.6. The summed E-state index contributed by atoms with van der Waals surface area (Å²) in [5.41, 5.74) is 9.40. The van der Waals surface area contributed by atoms with Gasteiger partial charge < -0.3 is 0 Å². The van der Waals surface area contributed by atoms with Gasteiger partial charge in [-0.1, -0.05) is 78.4 Å². The molecule has 1 heterocycles. The van der Waals surface area contributed by atoms with Crippen LogP contribution in [0.5, 0.6) is 0 Å². The number of carbonyl (C=O) groups excluding carboxylic acids is 2. The van der Waals surface area contributed by atoms with E-state index in [-0.39, 0.29) is 17.7 Å². The quantitative estimate of drug-likeness (QED) is 0.223.